The Bertz CT molecular complexity index is 1240. The van der Waals surface area contributed by atoms with Crippen LogP contribution in [0, 0.1) is 11.2 Å². The highest BCUT2D eigenvalue weighted by Crippen LogP contribution is 2.36. The molecule has 0 radical (unpaired) electrons. The maximum absolute atomic E-state index is 15.0. The van der Waals surface area contributed by atoms with Crippen LogP contribution in [-0.2, 0) is 15.6 Å². The molecule has 0 spiro atoms. The molecule has 0 unspecified atom stereocenters. The van der Waals surface area contributed by atoms with Crippen LogP contribution in [-0.4, -0.2) is 60.1 Å². The van der Waals surface area contributed by atoms with Crippen molar-refractivity contribution in [3.05, 3.63) is 47.7 Å². The van der Waals surface area contributed by atoms with E-state index in [2.05, 4.69) is 25.3 Å². The summed E-state index contributed by atoms with van der Waals surface area (Å²) in [6.45, 7) is 0.318. The fourth-order valence-corrected chi connectivity index (χ4v) is 5.12. The van der Waals surface area contributed by atoms with Crippen LogP contribution in [0.4, 0.5) is 23.2 Å². The zero-order valence-electron chi connectivity index (χ0n) is 19.3. The van der Waals surface area contributed by atoms with Gasteiger partial charge in [-0.3, -0.25) is 10.2 Å². The third-order valence-corrected chi connectivity index (χ3v) is 7.33. The predicted octanol–water partition coefficient (Wildman–Crippen LogP) is 2.99. The van der Waals surface area contributed by atoms with E-state index in [4.69, 9.17) is 5.41 Å². The number of amides is 1. The molecule has 1 fully saturated rings. The first-order valence-corrected chi connectivity index (χ1v) is 12.3. The molecule has 1 saturated heterocycles. The minimum Gasteiger partial charge on any atom is -0.467 e. The number of hydrogen-bond donors (Lipinski definition) is 3. The average molecular weight is 533 g/mol. The maximum atomic E-state index is 15.0. The Kier molecular flexibility index (Phi) is 7.71. The largest absolute Gasteiger partial charge is 0.467 e. The number of carbonyl (C=O) groups is 1. The maximum Gasteiger partial charge on any atom is 0.422 e. The molecule has 0 aliphatic carbocycles. The van der Waals surface area contributed by atoms with Gasteiger partial charge in [0.2, 0.25) is 21.9 Å². The second-order valence-corrected chi connectivity index (χ2v) is 10.2. The van der Waals surface area contributed by atoms with Gasteiger partial charge in [-0.15, -0.1) is 0 Å². The highest BCUT2D eigenvalue weighted by Gasteiger charge is 2.46. The Labute approximate surface area is 204 Å². The number of halogens is 4. The molecular weight excluding hydrogens is 508 g/mol. The summed E-state index contributed by atoms with van der Waals surface area (Å²) in [5.41, 5.74) is -1.63. The van der Waals surface area contributed by atoms with Gasteiger partial charge in [-0.2, -0.15) is 13.2 Å². The number of unbranched alkanes of at least 4 members (excludes halogenated alkanes) is 1. The summed E-state index contributed by atoms with van der Waals surface area (Å²) in [5.74, 6) is -2.85. The summed E-state index contributed by atoms with van der Waals surface area (Å²) in [6, 6.07) is 3.60. The number of hydrogen-bond acceptors (Lipinski definition) is 7. The van der Waals surface area contributed by atoms with Crippen molar-refractivity contribution < 1.29 is 35.5 Å². The summed E-state index contributed by atoms with van der Waals surface area (Å²) >= 11 is 0. The van der Waals surface area contributed by atoms with Crippen LogP contribution in [0.1, 0.15) is 42.2 Å². The van der Waals surface area contributed by atoms with Gasteiger partial charge in [0.05, 0.1) is 23.7 Å². The van der Waals surface area contributed by atoms with Crippen molar-refractivity contribution in [2.45, 2.75) is 37.9 Å². The summed E-state index contributed by atoms with van der Waals surface area (Å²) in [6.07, 6.45) is -1.36. The van der Waals surface area contributed by atoms with Gasteiger partial charge < -0.3 is 15.4 Å². The Hall–Kier alpha value is -3.49. The summed E-state index contributed by atoms with van der Waals surface area (Å²) in [4.78, 5) is 19.9. The lowest BCUT2D eigenvalue weighted by atomic mass is 9.85. The van der Waals surface area contributed by atoms with Gasteiger partial charge in [-0.1, -0.05) is 19.8 Å². The lowest BCUT2D eigenvalue weighted by molar-refractivity contribution is -0.154. The van der Waals surface area contributed by atoms with Gasteiger partial charge in [0.25, 0.3) is 5.91 Å². The summed E-state index contributed by atoms with van der Waals surface area (Å²) < 4.78 is 82.4. The Morgan fingerprint density at radius 3 is 2.61 bits per heavy atom. The first-order chi connectivity index (χ1) is 16.8. The number of sulfonamides is 1. The van der Waals surface area contributed by atoms with Gasteiger partial charge >= 0.3 is 6.18 Å². The van der Waals surface area contributed by atoms with Crippen molar-refractivity contribution in [2.75, 3.05) is 24.7 Å². The van der Waals surface area contributed by atoms with E-state index in [1.54, 1.807) is 0 Å². The van der Waals surface area contributed by atoms with Crippen LogP contribution < -0.4 is 15.4 Å². The van der Waals surface area contributed by atoms with Crippen LogP contribution in [0.15, 0.2) is 30.6 Å². The second kappa shape index (κ2) is 10.2. The first-order valence-electron chi connectivity index (χ1n) is 10.7. The SMILES string of the molecule is CCCC[C@@]1(c2cc(NC(=O)c3cnc(OCC(F)(F)F)cn3)ccc2F)CS(=O)(=O)N(C)C(=N)N1. The van der Waals surface area contributed by atoms with E-state index in [0.29, 0.717) is 12.8 Å². The number of benzene rings is 1. The normalized spacial score (nSPS) is 19.5. The molecule has 2 aromatic rings. The number of ether oxygens (including phenoxy) is 1. The van der Waals surface area contributed by atoms with Gasteiger partial charge in [0.1, 0.15) is 11.5 Å². The number of carbonyl (C=O) groups excluding carboxylic acids is 1. The second-order valence-electron chi connectivity index (χ2n) is 8.18. The molecule has 15 heteroatoms. The molecule has 1 atom stereocenters. The zero-order valence-corrected chi connectivity index (χ0v) is 20.1. The highest BCUT2D eigenvalue weighted by molar-refractivity contribution is 7.89. The standard InChI is InChI=1S/C21H24F4N6O4S/c1-3-4-7-20(12-36(33,34)31(2)19(26)30-20)14-8-13(5-6-15(14)22)29-18(32)16-9-28-17(10-27-16)35-11-21(23,24)25/h5-6,8-10H,3-4,7,11-12H2,1-2H3,(H2,26,30)(H,29,32)/t20-/m0/s1. The number of aromatic nitrogens is 2. The van der Waals surface area contributed by atoms with E-state index in [1.807, 2.05) is 6.92 Å². The minimum atomic E-state index is -4.56. The van der Waals surface area contributed by atoms with Crippen molar-refractivity contribution in [3.8, 4) is 5.88 Å². The molecule has 1 aromatic carbocycles. The van der Waals surface area contributed by atoms with Crippen molar-refractivity contribution in [1.82, 2.24) is 19.6 Å². The monoisotopic (exact) mass is 532 g/mol. The predicted molar refractivity (Wildman–Crippen MR) is 122 cm³/mol. The molecule has 1 aliphatic heterocycles. The quantitative estimate of drug-likeness (QED) is 0.445. The van der Waals surface area contributed by atoms with Gasteiger partial charge in [-0.25, -0.2) is 27.1 Å². The lowest BCUT2D eigenvalue weighted by Crippen LogP contribution is -2.62. The molecule has 1 amide bonds. The Morgan fingerprint density at radius 1 is 1.31 bits per heavy atom. The molecular formula is C21H24F4N6O4S. The van der Waals surface area contributed by atoms with Crippen molar-refractivity contribution in [1.29, 1.82) is 5.41 Å². The van der Waals surface area contributed by atoms with Crippen molar-refractivity contribution >= 4 is 27.6 Å². The van der Waals surface area contributed by atoms with Gasteiger partial charge in [0.15, 0.2) is 6.61 Å². The molecule has 36 heavy (non-hydrogen) atoms. The highest BCUT2D eigenvalue weighted by atomic mass is 32.2. The fraction of sp³-hybridized carbons (Fsp3) is 0.429. The summed E-state index contributed by atoms with van der Waals surface area (Å²) in [7, 11) is -2.69. The van der Waals surface area contributed by atoms with Crippen LogP contribution in [0.2, 0.25) is 0 Å². The first kappa shape index (κ1) is 27.1. The number of anilines is 1. The number of nitrogens with zero attached hydrogens (tertiary/aromatic N) is 3. The van der Waals surface area contributed by atoms with Crippen LogP contribution in [0.25, 0.3) is 0 Å². The number of nitrogens with one attached hydrogen (secondary N) is 3. The fourth-order valence-electron chi connectivity index (χ4n) is 3.61. The average Bonchev–Trinajstić information content (AvgIpc) is 2.80. The van der Waals surface area contributed by atoms with E-state index in [0.717, 1.165) is 22.8 Å². The topological polar surface area (TPSA) is 137 Å². The molecule has 10 nitrogen and oxygen atoms in total. The third kappa shape index (κ3) is 6.19. The Morgan fingerprint density at radius 2 is 2.03 bits per heavy atom. The van der Waals surface area contributed by atoms with Crippen molar-refractivity contribution in [3.63, 3.8) is 0 Å². The number of alkyl halides is 3. The lowest BCUT2D eigenvalue weighted by Gasteiger charge is -2.43. The van der Waals surface area contributed by atoms with Crippen LogP contribution >= 0.6 is 0 Å². The van der Waals surface area contributed by atoms with E-state index >= 15 is 4.39 Å². The smallest absolute Gasteiger partial charge is 0.422 e. The van der Waals surface area contributed by atoms with Crippen molar-refractivity contribution in [2.24, 2.45) is 0 Å². The molecule has 0 bridgehead atoms. The van der Waals surface area contributed by atoms with Crippen LogP contribution in [0.3, 0.4) is 0 Å². The van der Waals surface area contributed by atoms with E-state index in [-0.39, 0.29) is 23.4 Å². The van der Waals surface area contributed by atoms with Gasteiger partial charge in [0, 0.05) is 18.3 Å². The third-order valence-electron chi connectivity index (χ3n) is 5.46. The minimum absolute atomic E-state index is 0.0443. The van der Waals surface area contributed by atoms with Crippen LogP contribution in [0.5, 0.6) is 5.88 Å². The van der Waals surface area contributed by atoms with E-state index in [9.17, 15) is 26.4 Å². The van der Waals surface area contributed by atoms with Gasteiger partial charge in [-0.05, 0) is 24.6 Å². The summed E-state index contributed by atoms with van der Waals surface area (Å²) in [5, 5.41) is 13.4. The molecule has 2 heterocycles. The molecule has 3 rings (SSSR count). The number of guanidine groups is 1. The molecule has 196 valence electrons. The Balaban J connectivity index is 1.86. The molecule has 0 saturated carbocycles. The van der Waals surface area contributed by atoms with E-state index < -0.39 is 57.7 Å². The van der Waals surface area contributed by atoms with E-state index in [1.165, 1.54) is 19.2 Å². The molecule has 3 N–H and O–H groups in total. The molecule has 1 aliphatic rings. The zero-order chi connectivity index (χ0) is 26.7. The number of rotatable bonds is 8. The molecule has 1 aromatic heterocycles.